The molecule has 0 saturated carbocycles. The second kappa shape index (κ2) is 11.1. The first-order valence-corrected chi connectivity index (χ1v) is 11.4. The van der Waals surface area contributed by atoms with Crippen molar-refractivity contribution in [2.45, 2.75) is 24.7 Å². The third-order valence-corrected chi connectivity index (χ3v) is 5.88. The molecule has 4 N–H and O–H groups in total. The first-order chi connectivity index (χ1) is 18.5. The van der Waals surface area contributed by atoms with Gasteiger partial charge in [0.2, 0.25) is 5.91 Å². The van der Waals surface area contributed by atoms with Crippen LogP contribution in [0.3, 0.4) is 0 Å². The molecular weight excluding hydrogens is 528 g/mol. The van der Waals surface area contributed by atoms with Gasteiger partial charge in [-0.25, -0.2) is 9.49 Å². The van der Waals surface area contributed by atoms with Gasteiger partial charge in [-0.15, -0.1) is 0 Å². The molecule has 2 amide bonds. The summed E-state index contributed by atoms with van der Waals surface area (Å²) in [4.78, 5) is 41.0. The van der Waals surface area contributed by atoms with Crippen LogP contribution in [0.15, 0.2) is 47.5 Å². The van der Waals surface area contributed by atoms with Crippen molar-refractivity contribution in [2.24, 2.45) is 0 Å². The van der Waals surface area contributed by atoms with Crippen molar-refractivity contribution >= 4 is 23.2 Å². The molecule has 39 heavy (non-hydrogen) atoms. The summed E-state index contributed by atoms with van der Waals surface area (Å²) in [5.41, 5.74) is -3.76. The van der Waals surface area contributed by atoms with E-state index in [1.165, 1.54) is 13.2 Å². The third-order valence-electron chi connectivity index (χ3n) is 5.88. The van der Waals surface area contributed by atoms with Crippen LogP contribution in [0.4, 0.5) is 28.9 Å². The third kappa shape index (κ3) is 6.31. The summed E-state index contributed by atoms with van der Waals surface area (Å²) in [6.45, 7) is -0.381. The zero-order chi connectivity index (χ0) is 28.2. The summed E-state index contributed by atoms with van der Waals surface area (Å²) >= 11 is 0. The van der Waals surface area contributed by atoms with Gasteiger partial charge in [-0.2, -0.15) is 18.3 Å². The number of nitrogens with one attached hydrogen (secondary N) is 4. The van der Waals surface area contributed by atoms with Crippen LogP contribution in [0.1, 0.15) is 28.0 Å². The van der Waals surface area contributed by atoms with E-state index in [2.05, 4.69) is 31.1 Å². The minimum atomic E-state index is -4.70. The Bertz CT molecular complexity index is 1440. The second-order valence-corrected chi connectivity index (χ2v) is 8.54. The van der Waals surface area contributed by atoms with Gasteiger partial charge in [-0.3, -0.25) is 19.4 Å². The summed E-state index contributed by atoms with van der Waals surface area (Å²) in [7, 11) is 1.23. The van der Waals surface area contributed by atoms with E-state index in [9.17, 15) is 31.9 Å². The fraction of sp³-hybridized carbons (Fsp3) is 0.292. The van der Waals surface area contributed by atoms with Gasteiger partial charge in [0.25, 0.3) is 11.5 Å². The Morgan fingerprint density at radius 2 is 2.00 bits per heavy atom. The van der Waals surface area contributed by atoms with Crippen LogP contribution in [-0.2, 0) is 22.3 Å². The fourth-order valence-corrected chi connectivity index (χ4v) is 3.84. The number of alkyl halides is 3. The molecule has 3 heterocycles. The maximum absolute atomic E-state index is 14.8. The van der Waals surface area contributed by atoms with Gasteiger partial charge in [0.05, 0.1) is 60.9 Å². The number of halogens is 4. The van der Waals surface area contributed by atoms with E-state index in [4.69, 9.17) is 9.47 Å². The van der Waals surface area contributed by atoms with Crippen molar-refractivity contribution in [1.82, 2.24) is 25.8 Å². The van der Waals surface area contributed by atoms with Crippen molar-refractivity contribution in [3.63, 3.8) is 0 Å². The number of hydrogen-bond acceptors (Lipinski definition) is 8. The Morgan fingerprint density at radius 3 is 2.64 bits per heavy atom. The Kier molecular flexibility index (Phi) is 7.80. The number of amides is 2. The van der Waals surface area contributed by atoms with Crippen LogP contribution in [-0.4, -0.2) is 52.9 Å². The zero-order valence-electron chi connectivity index (χ0n) is 20.3. The lowest BCUT2D eigenvalue weighted by atomic mass is 9.96. The lowest BCUT2D eigenvalue weighted by molar-refractivity contribution is -0.137. The van der Waals surface area contributed by atoms with Crippen LogP contribution >= 0.6 is 0 Å². The molecule has 15 heteroatoms. The average molecular weight is 550 g/mol. The summed E-state index contributed by atoms with van der Waals surface area (Å²) in [5.74, 6) is -2.30. The normalized spacial score (nSPS) is 16.9. The van der Waals surface area contributed by atoms with Crippen LogP contribution in [0.25, 0.3) is 0 Å². The summed E-state index contributed by atoms with van der Waals surface area (Å²) in [5, 5.41) is 13.2. The highest BCUT2D eigenvalue weighted by Crippen LogP contribution is 2.38. The van der Waals surface area contributed by atoms with E-state index in [0.29, 0.717) is 0 Å². The number of methoxy groups -OCH3 is 1. The van der Waals surface area contributed by atoms with E-state index in [1.807, 2.05) is 0 Å². The number of aromatic amines is 1. The largest absolute Gasteiger partial charge is 0.497 e. The smallest absolute Gasteiger partial charge is 0.418 e. The molecule has 0 aliphatic carbocycles. The molecule has 1 fully saturated rings. The van der Waals surface area contributed by atoms with E-state index >= 15 is 0 Å². The molecule has 4 rings (SSSR count). The Balaban J connectivity index is 1.45. The highest BCUT2D eigenvalue weighted by molar-refractivity contribution is 5.99. The molecule has 1 aromatic carbocycles. The number of rotatable bonds is 8. The van der Waals surface area contributed by atoms with E-state index < -0.39 is 40.5 Å². The number of aromatic nitrogens is 3. The highest BCUT2D eigenvalue weighted by atomic mass is 19.4. The predicted molar refractivity (Wildman–Crippen MR) is 128 cm³/mol. The van der Waals surface area contributed by atoms with Crippen LogP contribution in [0.2, 0.25) is 0 Å². The SMILES string of the molecule is COc1ccc(Nc2cnc(CNC(=O)[C@]3(NC(=O)c4cn[nH]c(=O)c4)CCOC3)c(F)c2)c(C(F)(F)F)c1. The molecular formula is C24H22F4N6O5. The van der Waals surface area contributed by atoms with Gasteiger partial charge >= 0.3 is 6.18 Å². The van der Waals surface area contributed by atoms with Gasteiger partial charge in [0, 0.05) is 25.2 Å². The molecule has 2 aromatic heterocycles. The first-order valence-electron chi connectivity index (χ1n) is 11.4. The topological polar surface area (TPSA) is 147 Å². The molecule has 1 aliphatic rings. The second-order valence-electron chi connectivity index (χ2n) is 8.54. The predicted octanol–water partition coefficient (Wildman–Crippen LogP) is 2.28. The van der Waals surface area contributed by atoms with Crippen LogP contribution in [0, 0.1) is 5.82 Å². The molecule has 11 nitrogen and oxygen atoms in total. The van der Waals surface area contributed by atoms with Gasteiger partial charge in [-0.1, -0.05) is 0 Å². The minimum absolute atomic E-state index is 0.000936. The van der Waals surface area contributed by atoms with E-state index in [-0.39, 0.29) is 54.6 Å². The number of carbonyl (C=O) groups is 2. The highest BCUT2D eigenvalue weighted by Gasteiger charge is 2.44. The number of benzene rings is 1. The molecule has 3 aromatic rings. The standard InChI is InChI=1S/C24H22F4N6O5/c1-38-15-2-3-18(16(8-15)24(26,27)28)32-14-7-17(25)19(29-10-14)11-30-22(37)23(4-5-39-12-23)33-21(36)13-6-20(35)34-31-9-13/h2-3,6-10,32H,4-5,11-12H2,1H3,(H,30,37)(H,33,36)(H,34,35)/t23-/m0/s1. The molecule has 0 unspecified atom stereocenters. The van der Waals surface area contributed by atoms with Gasteiger partial charge in [-0.05, 0) is 18.2 Å². The Labute approximate surface area is 217 Å². The number of H-pyrrole nitrogens is 1. The Morgan fingerprint density at radius 1 is 1.21 bits per heavy atom. The molecule has 1 saturated heterocycles. The van der Waals surface area contributed by atoms with Gasteiger partial charge in [0.1, 0.15) is 17.1 Å². The van der Waals surface area contributed by atoms with Gasteiger partial charge in [0.15, 0.2) is 0 Å². The number of carbonyl (C=O) groups excluding carboxylic acids is 2. The van der Waals surface area contributed by atoms with Gasteiger partial charge < -0.3 is 25.4 Å². The zero-order valence-corrected chi connectivity index (χ0v) is 20.3. The van der Waals surface area contributed by atoms with Crippen molar-refractivity contribution in [3.05, 3.63) is 75.7 Å². The number of pyridine rings is 1. The molecule has 1 aliphatic heterocycles. The van der Waals surface area contributed by atoms with Crippen LogP contribution < -0.4 is 26.2 Å². The average Bonchev–Trinajstić information content (AvgIpc) is 3.37. The minimum Gasteiger partial charge on any atom is -0.497 e. The molecule has 0 spiro atoms. The number of nitrogens with zero attached hydrogens (tertiary/aromatic N) is 2. The molecule has 206 valence electrons. The first kappa shape index (κ1) is 27.5. The Hall–Kier alpha value is -4.53. The lowest BCUT2D eigenvalue weighted by Crippen LogP contribution is -2.59. The maximum atomic E-state index is 14.8. The number of hydrogen-bond donors (Lipinski definition) is 4. The van der Waals surface area contributed by atoms with Crippen molar-refractivity contribution in [1.29, 1.82) is 0 Å². The van der Waals surface area contributed by atoms with Crippen LogP contribution in [0.5, 0.6) is 5.75 Å². The molecule has 0 radical (unpaired) electrons. The summed E-state index contributed by atoms with van der Waals surface area (Å²) in [6, 6.07) is 5.23. The quantitative estimate of drug-likeness (QED) is 0.313. The maximum Gasteiger partial charge on any atom is 0.418 e. The molecule has 1 atom stereocenters. The fourth-order valence-electron chi connectivity index (χ4n) is 3.84. The number of anilines is 2. The lowest BCUT2D eigenvalue weighted by Gasteiger charge is -2.27. The molecule has 0 bridgehead atoms. The van der Waals surface area contributed by atoms with Crippen molar-refractivity contribution in [3.8, 4) is 5.75 Å². The number of ether oxygens (including phenoxy) is 2. The van der Waals surface area contributed by atoms with Crippen molar-refractivity contribution < 1.29 is 36.6 Å². The monoisotopic (exact) mass is 550 g/mol. The summed E-state index contributed by atoms with van der Waals surface area (Å²) < 4.78 is 65.3. The summed E-state index contributed by atoms with van der Waals surface area (Å²) in [6.07, 6.45) is -2.35. The van der Waals surface area contributed by atoms with E-state index in [0.717, 1.165) is 36.7 Å². The van der Waals surface area contributed by atoms with Crippen molar-refractivity contribution in [2.75, 3.05) is 25.6 Å². The van der Waals surface area contributed by atoms with E-state index in [1.54, 1.807) is 0 Å².